The van der Waals surface area contributed by atoms with Crippen LogP contribution < -0.4 is 4.74 Å². The third-order valence-corrected chi connectivity index (χ3v) is 4.43. The molecule has 0 radical (unpaired) electrons. The van der Waals surface area contributed by atoms with Gasteiger partial charge in [0.05, 0.1) is 12.9 Å². The van der Waals surface area contributed by atoms with E-state index in [4.69, 9.17) is 9.84 Å². The van der Waals surface area contributed by atoms with Crippen LogP contribution >= 0.6 is 0 Å². The monoisotopic (exact) mass is 258 g/mol. The Hall–Kier alpha value is -1.56. The van der Waals surface area contributed by atoms with Gasteiger partial charge in [-0.2, -0.15) is 0 Å². The summed E-state index contributed by atoms with van der Waals surface area (Å²) in [5, 5.41) is 7.29. The van der Waals surface area contributed by atoms with E-state index in [-0.39, 0.29) is 5.75 Å². The molecule has 1 N–H and O–H groups in total. The molecule has 0 aliphatic heterocycles. The maximum atomic E-state index is 11.8. The van der Waals surface area contributed by atoms with E-state index in [1.807, 2.05) is 0 Å². The van der Waals surface area contributed by atoms with Crippen LogP contribution in [0.15, 0.2) is 24.3 Å². The first-order chi connectivity index (χ1) is 7.88. The summed E-state index contributed by atoms with van der Waals surface area (Å²) in [4.78, 5) is 10.7. The summed E-state index contributed by atoms with van der Waals surface area (Å²) in [6.07, 6.45) is 0. The number of rotatable bonds is 5. The number of aliphatic carboxylic acids is 1. The second-order valence-corrected chi connectivity index (χ2v) is 5.92. The lowest BCUT2D eigenvalue weighted by molar-refractivity contribution is -0.136. The number of ether oxygens (including phenoxy) is 1. The highest BCUT2D eigenvalue weighted by Gasteiger charge is 2.28. The van der Waals surface area contributed by atoms with Crippen molar-refractivity contribution in [1.29, 1.82) is 0 Å². The molecule has 1 atom stereocenters. The van der Waals surface area contributed by atoms with E-state index in [1.54, 1.807) is 24.3 Å². The summed E-state index contributed by atoms with van der Waals surface area (Å²) in [5.41, 5.74) is 0.461. The second kappa shape index (κ2) is 5.18. The van der Waals surface area contributed by atoms with Gasteiger partial charge in [0.25, 0.3) is 0 Å². The van der Waals surface area contributed by atoms with Crippen molar-refractivity contribution < 1.29 is 23.1 Å². The minimum Gasteiger partial charge on any atom is -0.496 e. The largest absolute Gasteiger partial charge is 0.496 e. The molecule has 0 saturated heterocycles. The molecule has 1 aromatic rings. The summed E-state index contributed by atoms with van der Waals surface area (Å²) in [6, 6.07) is 6.63. The Morgan fingerprint density at radius 1 is 1.41 bits per heavy atom. The zero-order chi connectivity index (χ0) is 13.1. The van der Waals surface area contributed by atoms with Gasteiger partial charge in [-0.05, 0) is 13.0 Å². The van der Waals surface area contributed by atoms with E-state index >= 15 is 0 Å². The quantitative estimate of drug-likeness (QED) is 0.854. The number of carboxylic acids is 1. The highest BCUT2D eigenvalue weighted by Crippen LogP contribution is 2.21. The Balaban J connectivity index is 3.02. The number of methoxy groups -OCH3 is 1. The van der Waals surface area contributed by atoms with Gasteiger partial charge in [0.1, 0.15) is 5.75 Å². The summed E-state index contributed by atoms with van der Waals surface area (Å²) in [5.74, 6) is -1.25. The fourth-order valence-corrected chi connectivity index (χ4v) is 2.55. The van der Waals surface area contributed by atoms with Crippen LogP contribution in [0.1, 0.15) is 12.5 Å². The molecule has 1 aromatic carbocycles. The molecule has 0 amide bonds. The van der Waals surface area contributed by atoms with E-state index in [1.165, 1.54) is 7.11 Å². The second-order valence-electron chi connectivity index (χ2n) is 3.60. The molecule has 1 unspecified atom stereocenters. The lowest BCUT2D eigenvalue weighted by Crippen LogP contribution is -2.28. The SMILES string of the molecule is COc1ccccc1CS(=O)(=O)C(C)C(=O)O. The third kappa shape index (κ3) is 3.20. The predicted octanol–water partition coefficient (Wildman–Crippen LogP) is 1.08. The first-order valence-corrected chi connectivity index (χ1v) is 6.66. The Kier molecular flexibility index (Phi) is 4.11. The first kappa shape index (κ1) is 13.5. The van der Waals surface area contributed by atoms with Crippen LogP contribution in [0.2, 0.25) is 0 Å². The summed E-state index contributed by atoms with van der Waals surface area (Å²) in [6.45, 7) is 1.16. The lowest BCUT2D eigenvalue weighted by Gasteiger charge is -2.11. The highest BCUT2D eigenvalue weighted by molar-refractivity contribution is 7.92. The summed E-state index contributed by atoms with van der Waals surface area (Å²) in [7, 11) is -2.29. The van der Waals surface area contributed by atoms with Crippen LogP contribution in [-0.2, 0) is 20.4 Å². The number of hydrogen-bond donors (Lipinski definition) is 1. The number of benzene rings is 1. The Morgan fingerprint density at radius 2 is 2.00 bits per heavy atom. The standard InChI is InChI=1S/C11H14O5S/c1-8(11(12)13)17(14,15)7-9-5-3-4-6-10(9)16-2/h3-6,8H,7H2,1-2H3,(H,12,13). The van der Waals surface area contributed by atoms with Crippen molar-refractivity contribution in [3.05, 3.63) is 29.8 Å². The average molecular weight is 258 g/mol. The summed E-state index contributed by atoms with van der Waals surface area (Å²) >= 11 is 0. The van der Waals surface area contributed by atoms with Gasteiger partial charge in [0.15, 0.2) is 15.1 Å². The van der Waals surface area contributed by atoms with E-state index in [0.29, 0.717) is 11.3 Å². The van der Waals surface area contributed by atoms with Crippen molar-refractivity contribution in [2.75, 3.05) is 7.11 Å². The van der Waals surface area contributed by atoms with Crippen LogP contribution in [0, 0.1) is 0 Å². The zero-order valence-corrected chi connectivity index (χ0v) is 10.4. The van der Waals surface area contributed by atoms with Crippen molar-refractivity contribution in [2.24, 2.45) is 0 Å². The lowest BCUT2D eigenvalue weighted by atomic mass is 10.2. The van der Waals surface area contributed by atoms with E-state index in [9.17, 15) is 13.2 Å². The van der Waals surface area contributed by atoms with Gasteiger partial charge >= 0.3 is 5.97 Å². The maximum absolute atomic E-state index is 11.8. The molecular weight excluding hydrogens is 244 g/mol. The minimum absolute atomic E-state index is 0.343. The van der Waals surface area contributed by atoms with E-state index in [2.05, 4.69) is 0 Å². The van der Waals surface area contributed by atoms with E-state index < -0.39 is 21.1 Å². The first-order valence-electron chi connectivity index (χ1n) is 4.94. The Morgan fingerprint density at radius 3 is 2.53 bits per heavy atom. The van der Waals surface area contributed by atoms with Gasteiger partial charge in [0.2, 0.25) is 0 Å². The highest BCUT2D eigenvalue weighted by atomic mass is 32.2. The van der Waals surface area contributed by atoms with Crippen LogP contribution in [-0.4, -0.2) is 31.9 Å². The molecule has 5 nitrogen and oxygen atoms in total. The van der Waals surface area contributed by atoms with Crippen molar-refractivity contribution in [3.8, 4) is 5.75 Å². The van der Waals surface area contributed by atoms with Crippen molar-refractivity contribution in [2.45, 2.75) is 17.9 Å². The van der Waals surface area contributed by atoms with Gasteiger partial charge in [-0.3, -0.25) is 4.79 Å². The van der Waals surface area contributed by atoms with Crippen molar-refractivity contribution in [3.63, 3.8) is 0 Å². The van der Waals surface area contributed by atoms with Gasteiger partial charge < -0.3 is 9.84 Å². The molecule has 0 heterocycles. The zero-order valence-electron chi connectivity index (χ0n) is 9.58. The normalized spacial score (nSPS) is 13.1. The molecule has 0 saturated carbocycles. The molecule has 0 aliphatic rings. The van der Waals surface area contributed by atoms with Gasteiger partial charge in [-0.15, -0.1) is 0 Å². The molecule has 0 aromatic heterocycles. The number of carboxylic acid groups (broad SMARTS) is 1. The topological polar surface area (TPSA) is 80.7 Å². The predicted molar refractivity (Wildman–Crippen MR) is 62.7 cm³/mol. The molecule has 94 valence electrons. The van der Waals surface area contributed by atoms with E-state index in [0.717, 1.165) is 6.92 Å². The number of hydrogen-bond acceptors (Lipinski definition) is 4. The van der Waals surface area contributed by atoms with Crippen LogP contribution in [0.4, 0.5) is 0 Å². The fraction of sp³-hybridized carbons (Fsp3) is 0.364. The minimum atomic E-state index is -3.72. The Labute approximate surface area is 100.0 Å². The van der Waals surface area contributed by atoms with Gasteiger partial charge in [-0.1, -0.05) is 18.2 Å². The van der Waals surface area contributed by atoms with Crippen LogP contribution in [0.3, 0.4) is 0 Å². The number of para-hydroxylation sites is 1. The maximum Gasteiger partial charge on any atom is 0.321 e. The number of sulfone groups is 1. The van der Waals surface area contributed by atoms with Crippen LogP contribution in [0.5, 0.6) is 5.75 Å². The Bertz CT molecular complexity index is 506. The molecule has 17 heavy (non-hydrogen) atoms. The summed E-state index contributed by atoms with van der Waals surface area (Å²) < 4.78 is 28.6. The molecule has 1 rings (SSSR count). The molecular formula is C11H14O5S. The van der Waals surface area contributed by atoms with Crippen molar-refractivity contribution >= 4 is 15.8 Å². The number of carbonyl (C=O) groups is 1. The smallest absolute Gasteiger partial charge is 0.321 e. The molecule has 0 aliphatic carbocycles. The third-order valence-electron chi connectivity index (χ3n) is 2.44. The molecule has 0 spiro atoms. The molecule has 6 heteroatoms. The van der Waals surface area contributed by atoms with Crippen LogP contribution in [0.25, 0.3) is 0 Å². The fourth-order valence-electron chi connectivity index (χ4n) is 1.32. The van der Waals surface area contributed by atoms with Crippen molar-refractivity contribution in [1.82, 2.24) is 0 Å². The van der Waals surface area contributed by atoms with Gasteiger partial charge in [0, 0.05) is 5.56 Å². The average Bonchev–Trinajstić information content (AvgIpc) is 2.28. The molecule has 0 bridgehead atoms. The molecule has 0 fully saturated rings. The van der Waals surface area contributed by atoms with Gasteiger partial charge in [-0.25, -0.2) is 8.42 Å².